The summed E-state index contributed by atoms with van der Waals surface area (Å²) in [6.45, 7) is 2.10. The third-order valence-corrected chi connectivity index (χ3v) is 3.43. The number of amides is 1. The van der Waals surface area contributed by atoms with Crippen LogP contribution in [0.2, 0.25) is 0 Å². The van der Waals surface area contributed by atoms with Gasteiger partial charge in [0.1, 0.15) is 0 Å². The summed E-state index contributed by atoms with van der Waals surface area (Å²) in [4.78, 5) is 11.9. The third kappa shape index (κ3) is 4.21. The molecule has 2 nitrogen and oxygen atoms in total. The Hall–Kier alpha value is -1.61. The van der Waals surface area contributed by atoms with Gasteiger partial charge in [-0.1, -0.05) is 47.1 Å². The Kier molecular flexibility index (Phi) is 4.74. The van der Waals surface area contributed by atoms with Crippen LogP contribution in [0.5, 0.6) is 0 Å². The maximum absolute atomic E-state index is 11.9. The van der Waals surface area contributed by atoms with Crippen LogP contribution in [0.3, 0.4) is 0 Å². The van der Waals surface area contributed by atoms with Gasteiger partial charge in [0, 0.05) is 10.2 Å². The molecule has 2 aromatic rings. The maximum Gasteiger partial charge on any atom is 0.228 e. The number of aryl methyl sites for hydroxylation is 1. The highest BCUT2D eigenvalue weighted by molar-refractivity contribution is 9.10. The van der Waals surface area contributed by atoms with Crippen LogP contribution in [-0.2, 0) is 17.6 Å². The van der Waals surface area contributed by atoms with Gasteiger partial charge in [0.05, 0.1) is 6.42 Å². The molecule has 0 fully saturated rings. The van der Waals surface area contributed by atoms with Gasteiger partial charge in [-0.3, -0.25) is 4.79 Å². The average Bonchev–Trinajstić information content (AvgIpc) is 2.41. The summed E-state index contributed by atoms with van der Waals surface area (Å²) in [5, 5.41) is 2.93. The number of anilines is 1. The summed E-state index contributed by atoms with van der Waals surface area (Å²) < 4.78 is 1.02. The Morgan fingerprint density at radius 3 is 2.53 bits per heavy atom. The van der Waals surface area contributed by atoms with Crippen LogP contribution in [-0.4, -0.2) is 5.91 Å². The van der Waals surface area contributed by atoms with Gasteiger partial charge in [0.15, 0.2) is 0 Å². The van der Waals surface area contributed by atoms with Gasteiger partial charge < -0.3 is 5.32 Å². The summed E-state index contributed by atoms with van der Waals surface area (Å²) in [7, 11) is 0. The second kappa shape index (κ2) is 6.53. The van der Waals surface area contributed by atoms with Gasteiger partial charge in [-0.25, -0.2) is 0 Å². The summed E-state index contributed by atoms with van der Waals surface area (Å²) in [6.07, 6.45) is 1.36. The molecule has 1 amide bonds. The van der Waals surface area contributed by atoms with E-state index in [4.69, 9.17) is 0 Å². The van der Waals surface area contributed by atoms with E-state index >= 15 is 0 Å². The molecule has 1 N–H and O–H groups in total. The maximum atomic E-state index is 11.9. The number of benzene rings is 2. The molecular formula is C16H16BrNO. The normalized spacial score (nSPS) is 10.2. The first-order valence-corrected chi connectivity index (χ1v) is 7.10. The number of rotatable bonds is 4. The zero-order valence-corrected chi connectivity index (χ0v) is 12.4. The molecule has 19 heavy (non-hydrogen) atoms. The van der Waals surface area contributed by atoms with Crippen LogP contribution < -0.4 is 5.32 Å². The largest absolute Gasteiger partial charge is 0.326 e. The van der Waals surface area contributed by atoms with Crippen molar-refractivity contribution in [2.45, 2.75) is 19.8 Å². The summed E-state index contributed by atoms with van der Waals surface area (Å²) >= 11 is 3.38. The molecule has 0 aromatic heterocycles. The fourth-order valence-electron chi connectivity index (χ4n) is 1.86. The number of halogens is 1. The van der Waals surface area contributed by atoms with Crippen LogP contribution in [0.25, 0.3) is 0 Å². The average molecular weight is 318 g/mol. The molecule has 3 heteroatoms. The first-order chi connectivity index (χ1) is 9.17. The molecule has 0 saturated heterocycles. The monoisotopic (exact) mass is 317 g/mol. The Morgan fingerprint density at radius 2 is 1.84 bits per heavy atom. The molecule has 0 aliphatic heterocycles. The lowest BCUT2D eigenvalue weighted by atomic mass is 10.1. The van der Waals surface area contributed by atoms with Gasteiger partial charge in [0.2, 0.25) is 5.91 Å². The first kappa shape index (κ1) is 13.8. The summed E-state index contributed by atoms with van der Waals surface area (Å²) in [5.74, 6) is 0.00979. The molecule has 98 valence electrons. The number of hydrogen-bond acceptors (Lipinski definition) is 1. The molecule has 2 aromatic carbocycles. The zero-order chi connectivity index (χ0) is 13.7. The molecule has 0 unspecified atom stereocenters. The highest BCUT2D eigenvalue weighted by Crippen LogP contribution is 2.13. The number of hydrogen-bond donors (Lipinski definition) is 1. The number of carbonyl (C=O) groups excluding carboxylic acids is 1. The van der Waals surface area contributed by atoms with Gasteiger partial charge in [-0.15, -0.1) is 0 Å². The number of carbonyl (C=O) groups is 1. The molecule has 0 atom stereocenters. The first-order valence-electron chi connectivity index (χ1n) is 6.30. The van der Waals surface area contributed by atoms with Crippen molar-refractivity contribution in [2.75, 3.05) is 5.32 Å². The predicted molar refractivity (Wildman–Crippen MR) is 82.3 cm³/mol. The van der Waals surface area contributed by atoms with Crippen molar-refractivity contribution in [3.05, 3.63) is 64.1 Å². The second-order valence-corrected chi connectivity index (χ2v) is 5.32. The predicted octanol–water partition coefficient (Wildman–Crippen LogP) is 4.19. The zero-order valence-electron chi connectivity index (χ0n) is 10.8. The minimum Gasteiger partial charge on any atom is -0.326 e. The van der Waals surface area contributed by atoms with Gasteiger partial charge >= 0.3 is 0 Å². The van der Waals surface area contributed by atoms with Crippen LogP contribution >= 0.6 is 15.9 Å². The topological polar surface area (TPSA) is 29.1 Å². The van der Waals surface area contributed by atoms with Crippen LogP contribution in [0, 0.1) is 0 Å². The SMILES string of the molecule is CCc1cccc(NC(=O)Cc2ccc(Br)cc2)c1. The van der Waals surface area contributed by atoms with Crippen molar-refractivity contribution in [1.29, 1.82) is 0 Å². The van der Waals surface area contributed by atoms with Crippen LogP contribution in [0.15, 0.2) is 53.0 Å². The van der Waals surface area contributed by atoms with E-state index in [0.717, 1.165) is 22.1 Å². The van der Waals surface area contributed by atoms with E-state index in [9.17, 15) is 4.79 Å². The van der Waals surface area contributed by atoms with E-state index in [0.29, 0.717) is 6.42 Å². The quantitative estimate of drug-likeness (QED) is 0.900. The van der Waals surface area contributed by atoms with Crippen molar-refractivity contribution >= 4 is 27.5 Å². The molecule has 0 spiro atoms. The Balaban J connectivity index is 1.99. The van der Waals surface area contributed by atoms with Crippen molar-refractivity contribution in [3.8, 4) is 0 Å². The fraction of sp³-hybridized carbons (Fsp3) is 0.188. The molecule has 0 radical (unpaired) electrons. The van der Waals surface area contributed by atoms with Gasteiger partial charge in [0.25, 0.3) is 0 Å². The van der Waals surface area contributed by atoms with Crippen molar-refractivity contribution in [3.63, 3.8) is 0 Å². The lowest BCUT2D eigenvalue weighted by molar-refractivity contribution is -0.115. The Bertz CT molecular complexity index is 563. The Labute approximate surface area is 122 Å². The standard InChI is InChI=1S/C16H16BrNO/c1-2-12-4-3-5-15(10-12)18-16(19)11-13-6-8-14(17)9-7-13/h3-10H,2,11H2,1H3,(H,18,19). The van der Waals surface area contributed by atoms with Crippen molar-refractivity contribution in [1.82, 2.24) is 0 Å². The second-order valence-electron chi connectivity index (χ2n) is 4.41. The smallest absolute Gasteiger partial charge is 0.228 e. The highest BCUT2D eigenvalue weighted by Gasteiger charge is 2.04. The lowest BCUT2D eigenvalue weighted by Crippen LogP contribution is -2.14. The van der Waals surface area contributed by atoms with Crippen molar-refractivity contribution in [2.24, 2.45) is 0 Å². The van der Waals surface area contributed by atoms with E-state index in [1.54, 1.807) is 0 Å². The fourth-order valence-corrected chi connectivity index (χ4v) is 2.13. The molecule has 2 rings (SSSR count). The summed E-state index contributed by atoms with van der Waals surface area (Å²) in [5.41, 5.74) is 3.09. The highest BCUT2D eigenvalue weighted by atomic mass is 79.9. The van der Waals surface area contributed by atoms with E-state index in [1.807, 2.05) is 42.5 Å². The van der Waals surface area contributed by atoms with Gasteiger partial charge in [-0.2, -0.15) is 0 Å². The van der Waals surface area contributed by atoms with E-state index in [-0.39, 0.29) is 5.91 Å². The minimum absolute atomic E-state index is 0.00979. The third-order valence-electron chi connectivity index (χ3n) is 2.90. The van der Waals surface area contributed by atoms with E-state index in [2.05, 4.69) is 34.2 Å². The summed E-state index contributed by atoms with van der Waals surface area (Å²) in [6, 6.07) is 15.7. The molecular weight excluding hydrogens is 302 g/mol. The van der Waals surface area contributed by atoms with Gasteiger partial charge in [-0.05, 0) is 41.8 Å². The van der Waals surface area contributed by atoms with Crippen molar-refractivity contribution < 1.29 is 4.79 Å². The van der Waals surface area contributed by atoms with E-state index in [1.165, 1.54) is 5.56 Å². The van der Waals surface area contributed by atoms with Crippen LogP contribution in [0.4, 0.5) is 5.69 Å². The minimum atomic E-state index is 0.00979. The molecule has 0 bridgehead atoms. The molecule has 0 aliphatic rings. The molecule has 0 saturated carbocycles. The van der Waals surface area contributed by atoms with E-state index < -0.39 is 0 Å². The molecule has 0 aliphatic carbocycles. The number of nitrogens with one attached hydrogen (secondary N) is 1. The van der Waals surface area contributed by atoms with Crippen LogP contribution in [0.1, 0.15) is 18.1 Å². The lowest BCUT2D eigenvalue weighted by Gasteiger charge is -2.07. The Morgan fingerprint density at radius 1 is 1.11 bits per heavy atom. The molecule has 0 heterocycles.